The number of aromatic nitrogens is 2. The molecule has 1 saturated carbocycles. The van der Waals surface area contributed by atoms with Crippen LogP contribution in [0.15, 0.2) is 60.7 Å². The van der Waals surface area contributed by atoms with Crippen molar-refractivity contribution in [2.24, 2.45) is 0 Å². The lowest BCUT2D eigenvalue weighted by Crippen LogP contribution is -2.63. The summed E-state index contributed by atoms with van der Waals surface area (Å²) in [5, 5.41) is 19.2. The highest BCUT2D eigenvalue weighted by molar-refractivity contribution is 7.21. The predicted octanol–water partition coefficient (Wildman–Crippen LogP) is 4.78. The van der Waals surface area contributed by atoms with Gasteiger partial charge in [-0.05, 0) is 48.2 Å². The number of thiazole rings is 1. The lowest BCUT2D eigenvalue weighted by atomic mass is 9.92. The van der Waals surface area contributed by atoms with E-state index < -0.39 is 11.9 Å². The Balaban J connectivity index is 1.21. The lowest BCUT2D eigenvalue weighted by Gasteiger charge is -2.44. The van der Waals surface area contributed by atoms with Gasteiger partial charge in [-0.2, -0.15) is 0 Å². The van der Waals surface area contributed by atoms with Crippen molar-refractivity contribution in [3.05, 3.63) is 83.3 Å². The van der Waals surface area contributed by atoms with Crippen LogP contribution in [0.1, 0.15) is 29.7 Å². The van der Waals surface area contributed by atoms with E-state index in [9.17, 15) is 9.90 Å². The molecule has 0 amide bonds. The van der Waals surface area contributed by atoms with Crippen molar-refractivity contribution >= 4 is 27.8 Å². The molecule has 2 fully saturated rings. The molecule has 6 rings (SSSR count). The van der Waals surface area contributed by atoms with Crippen LogP contribution in [0.5, 0.6) is 0 Å². The quantitative estimate of drug-likeness (QED) is 0.296. The number of hydrogen-bond acceptors (Lipinski definition) is 7. The van der Waals surface area contributed by atoms with Crippen LogP contribution in [0.4, 0.5) is 9.18 Å². The first-order valence-electron chi connectivity index (χ1n) is 11.3. The summed E-state index contributed by atoms with van der Waals surface area (Å²) in [5.74, 6) is -2.08. The van der Waals surface area contributed by atoms with Crippen molar-refractivity contribution in [1.82, 2.24) is 14.9 Å². The molecule has 1 saturated heterocycles. The van der Waals surface area contributed by atoms with Crippen molar-refractivity contribution in [3.63, 3.8) is 0 Å². The maximum absolute atomic E-state index is 15.0. The molecular formula is C26H22FN3O4S. The summed E-state index contributed by atoms with van der Waals surface area (Å²) in [6.45, 7) is 0.451. The highest BCUT2D eigenvalue weighted by Crippen LogP contribution is 2.53. The molecule has 3 heterocycles. The van der Waals surface area contributed by atoms with Crippen LogP contribution in [-0.4, -0.2) is 50.1 Å². The average molecular weight is 492 g/mol. The zero-order chi connectivity index (χ0) is 24.2. The van der Waals surface area contributed by atoms with Crippen LogP contribution in [0, 0.1) is 5.82 Å². The van der Waals surface area contributed by atoms with Crippen LogP contribution in [0.2, 0.25) is 0 Å². The normalized spacial score (nSPS) is 18.2. The zero-order valence-corrected chi connectivity index (χ0v) is 19.5. The van der Waals surface area contributed by atoms with Crippen LogP contribution < -0.4 is 0 Å². The number of nitrogens with zero attached hydrogens (tertiary/aromatic N) is 3. The molecule has 0 unspecified atom stereocenters. The Morgan fingerprint density at radius 3 is 2.54 bits per heavy atom. The molecule has 0 bridgehead atoms. The molecule has 0 atom stereocenters. The topological polar surface area (TPSA) is 95.8 Å². The van der Waals surface area contributed by atoms with Crippen molar-refractivity contribution < 1.29 is 24.1 Å². The first kappa shape index (κ1) is 22.1. The second-order valence-corrected chi connectivity index (χ2v) is 10.2. The SMILES string of the molecule is O=C(O)OC1(O)CN(Cc2ccc(-c3nc4ccc(C5(c6ccccc6)CC5)nc4s3)c(F)c2)C1. The number of likely N-dealkylation sites (tertiary alicyclic amines) is 1. The Morgan fingerprint density at radius 1 is 1.09 bits per heavy atom. The Kier molecular flexibility index (Phi) is 5.10. The third-order valence-corrected chi connectivity index (χ3v) is 7.71. The summed E-state index contributed by atoms with van der Waals surface area (Å²) < 4.78 is 19.5. The molecule has 2 N–H and O–H groups in total. The molecule has 2 aromatic carbocycles. The molecule has 178 valence electrons. The maximum Gasteiger partial charge on any atom is 0.508 e. The van der Waals surface area contributed by atoms with Gasteiger partial charge in [0.2, 0.25) is 5.79 Å². The summed E-state index contributed by atoms with van der Waals surface area (Å²) in [7, 11) is 0. The summed E-state index contributed by atoms with van der Waals surface area (Å²) in [6, 6.07) is 19.4. The van der Waals surface area contributed by atoms with Gasteiger partial charge in [-0.1, -0.05) is 47.7 Å². The first-order valence-corrected chi connectivity index (χ1v) is 12.1. The number of benzene rings is 2. The summed E-state index contributed by atoms with van der Waals surface area (Å²) in [4.78, 5) is 22.7. The number of pyridine rings is 1. The van der Waals surface area contributed by atoms with E-state index in [4.69, 9.17) is 10.1 Å². The highest BCUT2D eigenvalue weighted by atomic mass is 32.1. The van der Waals surface area contributed by atoms with Crippen LogP contribution in [0.25, 0.3) is 20.9 Å². The van der Waals surface area contributed by atoms with E-state index in [0.717, 1.165) is 28.9 Å². The maximum atomic E-state index is 15.0. The van der Waals surface area contributed by atoms with E-state index in [2.05, 4.69) is 34.0 Å². The molecule has 1 aliphatic carbocycles. The Hall–Kier alpha value is -3.40. The molecule has 2 aromatic heterocycles. The molecule has 0 radical (unpaired) electrons. The molecule has 2 aliphatic rings. The summed E-state index contributed by atoms with van der Waals surface area (Å²) >= 11 is 1.38. The van der Waals surface area contributed by atoms with Gasteiger partial charge in [-0.3, -0.25) is 4.90 Å². The Bertz CT molecular complexity index is 1430. The third-order valence-electron chi connectivity index (χ3n) is 6.71. The van der Waals surface area contributed by atoms with Crippen molar-refractivity contribution in [2.45, 2.75) is 30.6 Å². The number of carboxylic acid groups (broad SMARTS) is 1. The Morgan fingerprint density at radius 2 is 1.86 bits per heavy atom. The van der Waals surface area contributed by atoms with Gasteiger partial charge in [0.1, 0.15) is 21.2 Å². The van der Waals surface area contributed by atoms with Gasteiger partial charge >= 0.3 is 6.16 Å². The van der Waals surface area contributed by atoms with Crippen molar-refractivity contribution in [3.8, 4) is 10.6 Å². The monoisotopic (exact) mass is 491 g/mol. The highest BCUT2D eigenvalue weighted by Gasteiger charge is 2.47. The van der Waals surface area contributed by atoms with Gasteiger partial charge in [0.15, 0.2) is 0 Å². The zero-order valence-electron chi connectivity index (χ0n) is 18.6. The fourth-order valence-electron chi connectivity index (χ4n) is 4.85. The van der Waals surface area contributed by atoms with E-state index in [1.54, 1.807) is 11.0 Å². The van der Waals surface area contributed by atoms with Crippen LogP contribution in [-0.2, 0) is 16.7 Å². The Labute approximate surface area is 204 Å². The van der Waals surface area contributed by atoms with Gasteiger partial charge in [0, 0.05) is 17.5 Å². The van der Waals surface area contributed by atoms with E-state index >= 15 is 4.39 Å². The summed E-state index contributed by atoms with van der Waals surface area (Å²) in [5.41, 5.74) is 4.14. The van der Waals surface area contributed by atoms with Gasteiger partial charge in [0.25, 0.3) is 0 Å². The molecule has 35 heavy (non-hydrogen) atoms. The fraction of sp³-hybridized carbons (Fsp3) is 0.269. The minimum absolute atomic E-state index is 0.0367. The number of hydrogen-bond donors (Lipinski definition) is 2. The van der Waals surface area contributed by atoms with E-state index in [1.165, 1.54) is 23.0 Å². The fourth-order valence-corrected chi connectivity index (χ4v) is 5.82. The van der Waals surface area contributed by atoms with E-state index in [-0.39, 0.29) is 24.3 Å². The van der Waals surface area contributed by atoms with Crippen molar-refractivity contribution in [1.29, 1.82) is 0 Å². The number of halogens is 1. The average Bonchev–Trinajstić information content (AvgIpc) is 3.51. The molecule has 1 aliphatic heterocycles. The second kappa shape index (κ2) is 8.08. The second-order valence-electron chi connectivity index (χ2n) is 9.26. The molecule has 9 heteroatoms. The predicted molar refractivity (Wildman–Crippen MR) is 129 cm³/mol. The smallest absolute Gasteiger partial charge is 0.450 e. The lowest BCUT2D eigenvalue weighted by molar-refractivity contribution is -0.249. The van der Waals surface area contributed by atoms with Crippen LogP contribution >= 0.6 is 11.3 Å². The summed E-state index contributed by atoms with van der Waals surface area (Å²) in [6.07, 6.45) is 0.606. The van der Waals surface area contributed by atoms with Crippen molar-refractivity contribution in [2.75, 3.05) is 13.1 Å². The number of carbonyl (C=O) groups is 1. The number of rotatable bonds is 6. The number of β-amino-alcohol motifs (C(OH)–C–C–N with tert-alkyl or cyclic N) is 1. The largest absolute Gasteiger partial charge is 0.508 e. The molecule has 7 nitrogen and oxygen atoms in total. The minimum Gasteiger partial charge on any atom is -0.450 e. The van der Waals surface area contributed by atoms with Crippen LogP contribution in [0.3, 0.4) is 0 Å². The number of ether oxygens (including phenoxy) is 1. The number of aliphatic hydroxyl groups is 1. The van der Waals surface area contributed by atoms with Gasteiger partial charge in [0.05, 0.1) is 18.8 Å². The first-order chi connectivity index (χ1) is 16.8. The third kappa shape index (κ3) is 4.05. The van der Waals surface area contributed by atoms with E-state index in [1.807, 2.05) is 24.3 Å². The minimum atomic E-state index is -1.70. The molecule has 4 aromatic rings. The molecule has 0 spiro atoms. The van der Waals surface area contributed by atoms with Gasteiger partial charge in [-0.25, -0.2) is 19.2 Å². The van der Waals surface area contributed by atoms with E-state index in [0.29, 0.717) is 22.7 Å². The van der Waals surface area contributed by atoms with Gasteiger partial charge in [-0.15, -0.1) is 0 Å². The standard InChI is InChI=1S/C26H22FN3O4S/c27-19-12-16(13-30-14-26(33,15-30)34-24(31)32)6-7-18(19)22-28-20-8-9-21(29-23(20)35-22)25(10-11-25)17-4-2-1-3-5-17/h1-9,12,33H,10-11,13-15H2,(H,31,32). The molecular weight excluding hydrogens is 469 g/mol. The number of fused-ring (bicyclic) bond motifs is 1. The van der Waals surface area contributed by atoms with Gasteiger partial charge < -0.3 is 14.9 Å².